The topological polar surface area (TPSA) is 80.1 Å². The molecule has 0 aliphatic rings. The number of nitrogens with two attached hydrogens (primary N) is 1. The molecular formula is C14H25N3O2. The van der Waals surface area contributed by atoms with Gasteiger partial charge in [0, 0.05) is 30.9 Å². The quantitative estimate of drug-likeness (QED) is 0.782. The molecule has 0 aliphatic carbocycles. The number of rotatable bonds is 4. The molecule has 0 fully saturated rings. The third kappa shape index (κ3) is 4.59. The van der Waals surface area contributed by atoms with E-state index < -0.39 is 11.7 Å². The van der Waals surface area contributed by atoms with Gasteiger partial charge in [0.2, 0.25) is 0 Å². The summed E-state index contributed by atoms with van der Waals surface area (Å²) in [5.41, 5.74) is 8.77. The molecule has 0 saturated heterocycles. The van der Waals surface area contributed by atoms with Crippen LogP contribution >= 0.6 is 0 Å². The van der Waals surface area contributed by atoms with Gasteiger partial charge in [-0.2, -0.15) is 0 Å². The first kappa shape index (κ1) is 15.6. The number of hydrogen-bond acceptors (Lipinski definition) is 3. The third-order valence-corrected chi connectivity index (χ3v) is 2.92. The Balaban J connectivity index is 2.62. The van der Waals surface area contributed by atoms with E-state index in [9.17, 15) is 4.79 Å². The summed E-state index contributed by atoms with van der Waals surface area (Å²) in [6.45, 7) is 10.5. The van der Waals surface area contributed by atoms with Gasteiger partial charge >= 0.3 is 6.09 Å². The molecule has 0 aliphatic heterocycles. The Bertz CT molecular complexity index is 413. The second-order valence-corrected chi connectivity index (χ2v) is 5.83. The van der Waals surface area contributed by atoms with E-state index in [4.69, 9.17) is 10.5 Å². The summed E-state index contributed by atoms with van der Waals surface area (Å²) in [5.74, 6) is 0.0961. The van der Waals surface area contributed by atoms with Crippen LogP contribution in [-0.2, 0) is 4.74 Å². The van der Waals surface area contributed by atoms with Gasteiger partial charge in [0.15, 0.2) is 0 Å². The molecule has 5 heteroatoms. The summed E-state index contributed by atoms with van der Waals surface area (Å²) in [5, 5.41) is 2.78. The predicted octanol–water partition coefficient (Wildman–Crippen LogP) is 2.20. The van der Waals surface area contributed by atoms with Crippen LogP contribution in [0.3, 0.4) is 0 Å². The summed E-state index contributed by atoms with van der Waals surface area (Å²) >= 11 is 0. The van der Waals surface area contributed by atoms with Crippen molar-refractivity contribution < 1.29 is 9.53 Å². The zero-order valence-corrected chi connectivity index (χ0v) is 12.5. The molecule has 5 nitrogen and oxygen atoms in total. The van der Waals surface area contributed by atoms with E-state index in [0.717, 1.165) is 5.69 Å². The average Bonchev–Trinajstić information content (AvgIpc) is 2.59. The maximum Gasteiger partial charge on any atom is 0.407 e. The largest absolute Gasteiger partial charge is 0.444 e. The van der Waals surface area contributed by atoms with Crippen molar-refractivity contribution in [3.63, 3.8) is 0 Å². The number of carbonyl (C=O) groups is 1. The number of amides is 1. The maximum atomic E-state index is 11.6. The lowest BCUT2D eigenvalue weighted by molar-refractivity contribution is 0.0524. The minimum atomic E-state index is -0.484. The Kier molecular flexibility index (Phi) is 5.00. The molecule has 0 bridgehead atoms. The van der Waals surface area contributed by atoms with Gasteiger partial charge in [0.25, 0.3) is 0 Å². The van der Waals surface area contributed by atoms with Crippen molar-refractivity contribution in [1.29, 1.82) is 0 Å². The van der Waals surface area contributed by atoms with E-state index >= 15 is 0 Å². The van der Waals surface area contributed by atoms with Crippen LogP contribution in [-0.4, -0.2) is 29.8 Å². The van der Waals surface area contributed by atoms with E-state index in [1.807, 2.05) is 40.8 Å². The summed E-state index contributed by atoms with van der Waals surface area (Å²) in [4.78, 5) is 14.8. The van der Waals surface area contributed by atoms with Crippen LogP contribution in [0.1, 0.15) is 43.5 Å². The van der Waals surface area contributed by atoms with Gasteiger partial charge in [0.05, 0.1) is 0 Å². The van der Waals surface area contributed by atoms with Crippen molar-refractivity contribution in [3.8, 4) is 0 Å². The molecule has 1 heterocycles. The Morgan fingerprint density at radius 2 is 2.11 bits per heavy atom. The molecule has 0 spiro atoms. The van der Waals surface area contributed by atoms with Gasteiger partial charge in [-0.3, -0.25) is 0 Å². The molecular weight excluding hydrogens is 242 g/mol. The minimum Gasteiger partial charge on any atom is -0.444 e. The zero-order chi connectivity index (χ0) is 14.6. The first-order valence-electron chi connectivity index (χ1n) is 6.56. The molecule has 4 N–H and O–H groups in total. The summed E-state index contributed by atoms with van der Waals surface area (Å²) in [7, 11) is 0. The number of nitrogens with one attached hydrogen (secondary N) is 2. The Morgan fingerprint density at radius 1 is 1.47 bits per heavy atom. The van der Waals surface area contributed by atoms with E-state index in [0.29, 0.717) is 13.1 Å². The summed E-state index contributed by atoms with van der Waals surface area (Å²) < 4.78 is 5.21. The average molecular weight is 267 g/mol. The van der Waals surface area contributed by atoms with E-state index in [-0.39, 0.29) is 5.92 Å². The number of aromatic amines is 1. The first-order chi connectivity index (χ1) is 8.74. The molecule has 1 aromatic heterocycles. The van der Waals surface area contributed by atoms with Gasteiger partial charge in [0.1, 0.15) is 5.60 Å². The Labute approximate surface area is 114 Å². The van der Waals surface area contributed by atoms with E-state index in [1.165, 1.54) is 11.1 Å². The zero-order valence-electron chi connectivity index (χ0n) is 12.5. The number of aromatic nitrogens is 1. The van der Waals surface area contributed by atoms with Gasteiger partial charge in [-0.15, -0.1) is 0 Å². The molecule has 0 saturated carbocycles. The highest BCUT2D eigenvalue weighted by molar-refractivity contribution is 5.67. The number of carbonyl (C=O) groups excluding carboxylic acids is 1. The number of H-pyrrole nitrogens is 1. The molecule has 1 aromatic rings. The standard InChI is InChI=1S/C14H25N3O2/c1-9-7-16-10(2)12(9)11(6-15)8-17-13(18)19-14(3,4)5/h7,11,16H,6,8,15H2,1-5H3,(H,17,18). The molecule has 19 heavy (non-hydrogen) atoms. The smallest absolute Gasteiger partial charge is 0.407 e. The molecule has 1 amide bonds. The van der Waals surface area contributed by atoms with Gasteiger partial charge in [-0.1, -0.05) is 0 Å². The second-order valence-electron chi connectivity index (χ2n) is 5.83. The molecule has 1 atom stereocenters. The highest BCUT2D eigenvalue weighted by atomic mass is 16.6. The van der Waals surface area contributed by atoms with Crippen molar-refractivity contribution in [3.05, 3.63) is 23.0 Å². The molecule has 1 rings (SSSR count). The van der Waals surface area contributed by atoms with Crippen molar-refractivity contribution in [2.75, 3.05) is 13.1 Å². The highest BCUT2D eigenvalue weighted by Crippen LogP contribution is 2.22. The Hall–Kier alpha value is -1.49. The number of alkyl carbamates (subject to hydrolysis) is 1. The number of hydrogen-bond donors (Lipinski definition) is 3. The lowest BCUT2D eigenvalue weighted by Gasteiger charge is -2.22. The Morgan fingerprint density at radius 3 is 2.53 bits per heavy atom. The monoisotopic (exact) mass is 267 g/mol. The lowest BCUT2D eigenvalue weighted by Crippen LogP contribution is -2.36. The summed E-state index contributed by atoms with van der Waals surface area (Å²) in [6.07, 6.45) is 1.55. The first-order valence-corrected chi connectivity index (χ1v) is 6.56. The number of aryl methyl sites for hydroxylation is 2. The van der Waals surface area contributed by atoms with Crippen molar-refractivity contribution in [2.24, 2.45) is 5.73 Å². The van der Waals surface area contributed by atoms with Crippen LogP contribution in [0.5, 0.6) is 0 Å². The van der Waals surface area contributed by atoms with Crippen molar-refractivity contribution in [1.82, 2.24) is 10.3 Å². The van der Waals surface area contributed by atoms with Gasteiger partial charge in [-0.25, -0.2) is 4.79 Å². The molecule has 1 unspecified atom stereocenters. The minimum absolute atomic E-state index is 0.0961. The molecule has 0 radical (unpaired) electrons. The van der Waals surface area contributed by atoms with E-state index in [2.05, 4.69) is 10.3 Å². The van der Waals surface area contributed by atoms with Crippen molar-refractivity contribution >= 4 is 6.09 Å². The fraction of sp³-hybridized carbons (Fsp3) is 0.643. The second kappa shape index (κ2) is 6.10. The third-order valence-electron chi connectivity index (χ3n) is 2.92. The number of ether oxygens (including phenoxy) is 1. The van der Waals surface area contributed by atoms with Crippen LogP contribution in [0.15, 0.2) is 6.20 Å². The fourth-order valence-electron chi connectivity index (χ4n) is 2.12. The van der Waals surface area contributed by atoms with Gasteiger partial charge < -0.3 is 20.8 Å². The van der Waals surface area contributed by atoms with Gasteiger partial charge in [-0.05, 0) is 45.7 Å². The van der Waals surface area contributed by atoms with Crippen LogP contribution < -0.4 is 11.1 Å². The lowest BCUT2D eigenvalue weighted by atomic mass is 9.96. The van der Waals surface area contributed by atoms with Crippen LogP contribution in [0.4, 0.5) is 4.79 Å². The van der Waals surface area contributed by atoms with Crippen LogP contribution in [0.25, 0.3) is 0 Å². The SMILES string of the molecule is Cc1c[nH]c(C)c1C(CN)CNC(=O)OC(C)(C)C. The molecule has 108 valence electrons. The van der Waals surface area contributed by atoms with Crippen molar-refractivity contribution in [2.45, 2.75) is 46.1 Å². The normalized spacial score (nSPS) is 13.2. The fourth-order valence-corrected chi connectivity index (χ4v) is 2.12. The highest BCUT2D eigenvalue weighted by Gasteiger charge is 2.20. The van der Waals surface area contributed by atoms with E-state index in [1.54, 1.807) is 0 Å². The van der Waals surface area contributed by atoms with Crippen LogP contribution in [0, 0.1) is 13.8 Å². The maximum absolute atomic E-state index is 11.6. The predicted molar refractivity (Wildman–Crippen MR) is 76.3 cm³/mol. The molecule has 0 aromatic carbocycles. The van der Waals surface area contributed by atoms with Crippen LogP contribution in [0.2, 0.25) is 0 Å². The summed E-state index contributed by atoms with van der Waals surface area (Å²) in [6, 6.07) is 0.